The van der Waals surface area contributed by atoms with Crippen molar-refractivity contribution in [2.24, 2.45) is 5.73 Å². The molecule has 0 bridgehead atoms. The first-order chi connectivity index (χ1) is 10.4. The van der Waals surface area contributed by atoms with E-state index in [-0.39, 0.29) is 5.54 Å². The van der Waals surface area contributed by atoms with Crippen molar-refractivity contribution in [3.05, 3.63) is 30.2 Å². The van der Waals surface area contributed by atoms with Crippen molar-refractivity contribution in [3.63, 3.8) is 0 Å². The highest BCUT2D eigenvalue weighted by Crippen LogP contribution is 2.36. The van der Waals surface area contributed by atoms with E-state index >= 15 is 0 Å². The summed E-state index contributed by atoms with van der Waals surface area (Å²) in [7, 11) is 0. The SMILES string of the molecule is CC(C)(C)n1nc(Nc2ncccn2)cc1C1CCC(N)C1. The van der Waals surface area contributed by atoms with E-state index in [0.29, 0.717) is 17.9 Å². The fourth-order valence-corrected chi connectivity index (χ4v) is 3.05. The lowest BCUT2D eigenvalue weighted by atomic mass is 10.0. The average Bonchev–Trinajstić information content (AvgIpc) is 3.06. The van der Waals surface area contributed by atoms with Crippen LogP contribution in [0.25, 0.3) is 0 Å². The number of nitrogens with zero attached hydrogens (tertiary/aromatic N) is 4. The lowest BCUT2D eigenvalue weighted by Gasteiger charge is -2.24. The number of hydrogen-bond acceptors (Lipinski definition) is 5. The first-order valence-electron chi connectivity index (χ1n) is 7.83. The summed E-state index contributed by atoms with van der Waals surface area (Å²) in [5.74, 6) is 1.83. The van der Waals surface area contributed by atoms with Gasteiger partial charge in [-0.25, -0.2) is 9.97 Å². The lowest BCUT2D eigenvalue weighted by molar-refractivity contribution is 0.336. The summed E-state index contributed by atoms with van der Waals surface area (Å²) in [5.41, 5.74) is 7.27. The van der Waals surface area contributed by atoms with Crippen molar-refractivity contribution < 1.29 is 0 Å². The van der Waals surface area contributed by atoms with Gasteiger partial charge in [-0.3, -0.25) is 4.68 Å². The van der Waals surface area contributed by atoms with E-state index in [1.165, 1.54) is 5.69 Å². The van der Waals surface area contributed by atoms with E-state index in [9.17, 15) is 0 Å². The molecule has 2 atom stereocenters. The van der Waals surface area contributed by atoms with E-state index in [1.54, 1.807) is 18.5 Å². The molecule has 1 fully saturated rings. The first-order valence-corrected chi connectivity index (χ1v) is 7.83. The smallest absolute Gasteiger partial charge is 0.228 e. The number of rotatable bonds is 3. The van der Waals surface area contributed by atoms with Gasteiger partial charge < -0.3 is 11.1 Å². The van der Waals surface area contributed by atoms with Gasteiger partial charge in [0.2, 0.25) is 5.95 Å². The Morgan fingerprint density at radius 1 is 1.23 bits per heavy atom. The molecule has 6 heteroatoms. The molecule has 0 spiro atoms. The standard InChI is InChI=1S/C16H24N6/c1-16(2,3)22-13(11-5-6-12(17)9-11)10-14(21-22)20-15-18-7-4-8-19-15/h4,7-8,10-12H,5-6,9,17H2,1-3H3,(H,18,19,20,21). The summed E-state index contributed by atoms with van der Waals surface area (Å²) in [5, 5.41) is 7.92. The minimum Gasteiger partial charge on any atom is -0.328 e. The van der Waals surface area contributed by atoms with Crippen molar-refractivity contribution in [1.82, 2.24) is 19.7 Å². The van der Waals surface area contributed by atoms with Crippen LogP contribution in [0.2, 0.25) is 0 Å². The second kappa shape index (κ2) is 5.68. The van der Waals surface area contributed by atoms with Crippen LogP contribution in [0.3, 0.4) is 0 Å². The number of aromatic nitrogens is 4. The van der Waals surface area contributed by atoms with Gasteiger partial charge in [-0.05, 0) is 46.1 Å². The van der Waals surface area contributed by atoms with Crippen molar-refractivity contribution in [3.8, 4) is 0 Å². The largest absolute Gasteiger partial charge is 0.328 e. The van der Waals surface area contributed by atoms with E-state index < -0.39 is 0 Å². The predicted octanol–water partition coefficient (Wildman–Crippen LogP) is 2.77. The summed E-state index contributed by atoms with van der Waals surface area (Å²) in [6.07, 6.45) is 6.68. The molecular weight excluding hydrogens is 276 g/mol. The van der Waals surface area contributed by atoms with E-state index in [2.05, 4.69) is 46.8 Å². The first kappa shape index (κ1) is 15.0. The van der Waals surface area contributed by atoms with Crippen molar-refractivity contribution in [2.75, 3.05) is 5.32 Å². The maximum Gasteiger partial charge on any atom is 0.228 e. The van der Waals surface area contributed by atoms with E-state index in [4.69, 9.17) is 10.8 Å². The topological polar surface area (TPSA) is 81.7 Å². The van der Waals surface area contributed by atoms with Crippen LogP contribution in [-0.4, -0.2) is 25.8 Å². The molecule has 0 aromatic carbocycles. The molecule has 3 N–H and O–H groups in total. The third-order valence-corrected chi connectivity index (χ3v) is 4.07. The molecule has 1 aliphatic carbocycles. The molecular formula is C16H24N6. The zero-order valence-corrected chi connectivity index (χ0v) is 13.5. The minimum atomic E-state index is -0.0699. The lowest BCUT2D eigenvalue weighted by Crippen LogP contribution is -2.26. The van der Waals surface area contributed by atoms with Gasteiger partial charge in [-0.15, -0.1) is 0 Å². The van der Waals surface area contributed by atoms with Gasteiger partial charge in [0.1, 0.15) is 0 Å². The summed E-state index contributed by atoms with van der Waals surface area (Å²) >= 11 is 0. The molecule has 2 aromatic heterocycles. The Morgan fingerprint density at radius 3 is 2.55 bits per heavy atom. The molecule has 0 radical (unpaired) electrons. The minimum absolute atomic E-state index is 0.0699. The van der Waals surface area contributed by atoms with Crippen molar-refractivity contribution in [1.29, 1.82) is 0 Å². The van der Waals surface area contributed by atoms with Crippen LogP contribution in [0, 0.1) is 0 Å². The van der Waals surface area contributed by atoms with Gasteiger partial charge in [0.15, 0.2) is 5.82 Å². The molecule has 22 heavy (non-hydrogen) atoms. The zero-order valence-electron chi connectivity index (χ0n) is 13.5. The Balaban J connectivity index is 1.91. The van der Waals surface area contributed by atoms with Crippen LogP contribution in [0.1, 0.15) is 51.6 Å². The van der Waals surface area contributed by atoms with Crippen LogP contribution in [-0.2, 0) is 5.54 Å². The van der Waals surface area contributed by atoms with Crippen molar-refractivity contribution in [2.45, 2.75) is 57.5 Å². The molecule has 1 aliphatic rings. The second-order valence-electron chi connectivity index (χ2n) is 7.00. The zero-order chi connectivity index (χ0) is 15.7. The molecule has 3 rings (SSSR count). The van der Waals surface area contributed by atoms with Gasteiger partial charge in [-0.1, -0.05) is 0 Å². The van der Waals surface area contributed by atoms with Gasteiger partial charge in [0, 0.05) is 36.1 Å². The maximum atomic E-state index is 6.09. The maximum absolute atomic E-state index is 6.09. The van der Waals surface area contributed by atoms with Gasteiger partial charge in [-0.2, -0.15) is 5.10 Å². The van der Waals surface area contributed by atoms with Crippen molar-refractivity contribution >= 4 is 11.8 Å². The number of nitrogens with two attached hydrogens (primary N) is 1. The van der Waals surface area contributed by atoms with Crippen LogP contribution in [0.4, 0.5) is 11.8 Å². The van der Waals surface area contributed by atoms with Crippen LogP contribution in [0.15, 0.2) is 24.5 Å². The highest BCUT2D eigenvalue weighted by molar-refractivity contribution is 5.48. The van der Waals surface area contributed by atoms with E-state index in [1.807, 2.05) is 0 Å². The Labute approximate surface area is 131 Å². The fraction of sp³-hybridized carbons (Fsp3) is 0.562. The molecule has 2 unspecified atom stereocenters. The second-order valence-corrected chi connectivity index (χ2v) is 7.00. The molecule has 1 saturated carbocycles. The Hall–Kier alpha value is -1.95. The van der Waals surface area contributed by atoms with Crippen LogP contribution in [0.5, 0.6) is 0 Å². The summed E-state index contributed by atoms with van der Waals surface area (Å²) in [4.78, 5) is 8.39. The summed E-state index contributed by atoms with van der Waals surface area (Å²) in [6.45, 7) is 6.50. The van der Waals surface area contributed by atoms with Crippen LogP contribution >= 0.6 is 0 Å². The average molecular weight is 300 g/mol. The van der Waals surface area contributed by atoms with Gasteiger partial charge >= 0.3 is 0 Å². The molecule has 6 nitrogen and oxygen atoms in total. The highest BCUT2D eigenvalue weighted by Gasteiger charge is 2.30. The third-order valence-electron chi connectivity index (χ3n) is 4.07. The molecule has 0 saturated heterocycles. The molecule has 2 aromatic rings. The number of hydrogen-bond donors (Lipinski definition) is 2. The van der Waals surface area contributed by atoms with Gasteiger partial charge in [0.25, 0.3) is 0 Å². The third kappa shape index (κ3) is 3.11. The monoisotopic (exact) mass is 300 g/mol. The number of nitrogens with one attached hydrogen (secondary N) is 1. The van der Waals surface area contributed by atoms with Gasteiger partial charge in [0.05, 0.1) is 5.54 Å². The molecule has 0 aliphatic heterocycles. The Kier molecular flexibility index (Phi) is 3.87. The molecule has 2 heterocycles. The highest BCUT2D eigenvalue weighted by atomic mass is 15.4. The Bertz CT molecular complexity index is 628. The summed E-state index contributed by atoms with van der Waals surface area (Å²) < 4.78 is 2.11. The van der Waals surface area contributed by atoms with E-state index in [0.717, 1.165) is 25.1 Å². The molecule has 0 amide bonds. The quantitative estimate of drug-likeness (QED) is 0.911. The summed E-state index contributed by atoms with van der Waals surface area (Å²) in [6, 6.07) is 4.22. The normalized spacial score (nSPS) is 22.0. The Morgan fingerprint density at radius 2 is 1.95 bits per heavy atom. The van der Waals surface area contributed by atoms with Crippen LogP contribution < -0.4 is 11.1 Å². The number of anilines is 2. The predicted molar refractivity (Wildman–Crippen MR) is 87.1 cm³/mol. The fourth-order valence-electron chi connectivity index (χ4n) is 3.05. The molecule has 118 valence electrons.